The normalized spacial score (nSPS) is 10.3. The van der Waals surface area contributed by atoms with Crippen LogP contribution in [0, 0.1) is 6.92 Å². The summed E-state index contributed by atoms with van der Waals surface area (Å²) in [5.74, 6) is -0.149. The average molecular weight is 251 g/mol. The van der Waals surface area contributed by atoms with E-state index < -0.39 is 0 Å². The Balaban J connectivity index is 2.09. The fourth-order valence-corrected chi connectivity index (χ4v) is 1.61. The van der Waals surface area contributed by atoms with Crippen molar-refractivity contribution >= 4 is 5.97 Å². The molecule has 0 aliphatic heterocycles. The van der Waals surface area contributed by atoms with Gasteiger partial charge in [-0.15, -0.1) is 0 Å². The van der Waals surface area contributed by atoms with Gasteiger partial charge in [-0.1, -0.05) is 6.07 Å². The quantitative estimate of drug-likeness (QED) is 0.525. The Hall–Kier alpha value is -1.42. The number of aromatic nitrogens is 1. The zero-order valence-corrected chi connectivity index (χ0v) is 11.1. The molecule has 0 spiro atoms. The highest BCUT2D eigenvalue weighted by Gasteiger charge is 2.02. The van der Waals surface area contributed by atoms with Crippen LogP contribution in [0.15, 0.2) is 18.2 Å². The van der Waals surface area contributed by atoms with E-state index in [0.717, 1.165) is 30.7 Å². The van der Waals surface area contributed by atoms with E-state index in [1.54, 1.807) is 7.11 Å². The lowest BCUT2D eigenvalue weighted by atomic mass is 10.2. The summed E-state index contributed by atoms with van der Waals surface area (Å²) in [5, 5.41) is 0. The predicted molar refractivity (Wildman–Crippen MR) is 69.4 cm³/mol. The van der Waals surface area contributed by atoms with Crippen molar-refractivity contribution in [1.82, 2.24) is 4.98 Å². The summed E-state index contributed by atoms with van der Waals surface area (Å²) < 4.78 is 9.99. The summed E-state index contributed by atoms with van der Waals surface area (Å²) in [5.41, 5.74) is 2.06. The summed E-state index contributed by atoms with van der Waals surface area (Å²) >= 11 is 0. The van der Waals surface area contributed by atoms with Crippen LogP contribution in [-0.4, -0.2) is 31.3 Å². The zero-order valence-electron chi connectivity index (χ0n) is 11.1. The van der Waals surface area contributed by atoms with E-state index >= 15 is 0 Å². The lowest BCUT2D eigenvalue weighted by Gasteiger charge is -2.05. The smallest absolute Gasteiger partial charge is 0.305 e. The molecule has 0 amide bonds. The monoisotopic (exact) mass is 251 g/mol. The maximum absolute atomic E-state index is 11.3. The maximum atomic E-state index is 11.3. The second kappa shape index (κ2) is 8.64. The van der Waals surface area contributed by atoms with Gasteiger partial charge in [0, 0.05) is 31.5 Å². The molecule has 0 saturated heterocycles. The van der Waals surface area contributed by atoms with Crippen molar-refractivity contribution in [2.24, 2.45) is 0 Å². The van der Waals surface area contributed by atoms with Crippen molar-refractivity contribution in [3.8, 4) is 0 Å². The van der Waals surface area contributed by atoms with Gasteiger partial charge in [0.05, 0.1) is 6.61 Å². The molecule has 4 nitrogen and oxygen atoms in total. The highest BCUT2D eigenvalue weighted by atomic mass is 16.5. The lowest BCUT2D eigenvalue weighted by molar-refractivity contribution is -0.144. The van der Waals surface area contributed by atoms with E-state index in [9.17, 15) is 4.79 Å². The Labute approximate surface area is 108 Å². The van der Waals surface area contributed by atoms with E-state index in [0.29, 0.717) is 19.6 Å². The first kappa shape index (κ1) is 14.6. The maximum Gasteiger partial charge on any atom is 0.305 e. The molecular formula is C14H21NO3. The first-order valence-electron chi connectivity index (χ1n) is 6.29. The van der Waals surface area contributed by atoms with Crippen LogP contribution in [0.3, 0.4) is 0 Å². The number of esters is 1. The van der Waals surface area contributed by atoms with Crippen LogP contribution in [-0.2, 0) is 20.7 Å². The number of pyridine rings is 1. The minimum atomic E-state index is -0.149. The molecule has 1 aromatic rings. The molecule has 0 atom stereocenters. The summed E-state index contributed by atoms with van der Waals surface area (Å²) in [6.07, 6.45) is 2.80. The lowest BCUT2D eigenvalue weighted by Crippen LogP contribution is -2.07. The molecule has 0 bridgehead atoms. The number of hydrogen-bond acceptors (Lipinski definition) is 4. The van der Waals surface area contributed by atoms with Crippen LogP contribution in [0.1, 0.15) is 30.7 Å². The van der Waals surface area contributed by atoms with Crippen molar-refractivity contribution in [2.75, 3.05) is 20.3 Å². The first-order chi connectivity index (χ1) is 8.72. The number of rotatable bonds is 8. The Morgan fingerprint density at radius 2 is 2.11 bits per heavy atom. The molecule has 1 aromatic heterocycles. The van der Waals surface area contributed by atoms with Crippen LogP contribution in [0.2, 0.25) is 0 Å². The van der Waals surface area contributed by atoms with Crippen molar-refractivity contribution in [2.45, 2.75) is 32.6 Å². The van der Waals surface area contributed by atoms with Gasteiger partial charge in [-0.25, -0.2) is 0 Å². The Kier molecular flexibility index (Phi) is 7.03. The number of aryl methyl sites for hydroxylation is 2. The Morgan fingerprint density at radius 3 is 2.83 bits per heavy atom. The molecule has 4 heteroatoms. The second-order valence-corrected chi connectivity index (χ2v) is 4.19. The van der Waals surface area contributed by atoms with Gasteiger partial charge in [0.2, 0.25) is 0 Å². The number of nitrogens with zero attached hydrogens (tertiary/aromatic N) is 1. The van der Waals surface area contributed by atoms with E-state index in [1.165, 1.54) is 0 Å². The van der Waals surface area contributed by atoms with Gasteiger partial charge < -0.3 is 9.47 Å². The third-order valence-electron chi connectivity index (χ3n) is 2.52. The Morgan fingerprint density at radius 1 is 1.28 bits per heavy atom. The molecule has 0 unspecified atom stereocenters. The van der Waals surface area contributed by atoms with Gasteiger partial charge >= 0.3 is 5.97 Å². The first-order valence-corrected chi connectivity index (χ1v) is 6.29. The van der Waals surface area contributed by atoms with Gasteiger partial charge in [-0.3, -0.25) is 9.78 Å². The molecule has 18 heavy (non-hydrogen) atoms. The summed E-state index contributed by atoms with van der Waals surface area (Å²) in [4.78, 5) is 15.7. The summed E-state index contributed by atoms with van der Waals surface area (Å²) in [6.45, 7) is 3.03. The molecule has 0 aliphatic carbocycles. The fourth-order valence-electron chi connectivity index (χ4n) is 1.61. The molecule has 0 aliphatic rings. The molecule has 0 N–H and O–H groups in total. The van der Waals surface area contributed by atoms with Crippen LogP contribution in [0.25, 0.3) is 0 Å². The van der Waals surface area contributed by atoms with Crippen molar-refractivity contribution < 1.29 is 14.3 Å². The third kappa shape index (κ3) is 6.35. The number of hydrogen-bond donors (Lipinski definition) is 0. The molecule has 1 rings (SSSR count). The molecule has 0 radical (unpaired) electrons. The summed E-state index contributed by atoms with van der Waals surface area (Å²) in [7, 11) is 1.63. The van der Waals surface area contributed by atoms with Crippen LogP contribution in [0.5, 0.6) is 0 Å². The van der Waals surface area contributed by atoms with Crippen molar-refractivity contribution in [1.29, 1.82) is 0 Å². The summed E-state index contributed by atoms with van der Waals surface area (Å²) in [6, 6.07) is 5.96. The number of carbonyl (C=O) groups excluding carboxylic acids is 1. The number of ether oxygens (including phenoxy) is 2. The SMILES string of the molecule is COCCCC(=O)OCCCc1cccc(C)n1. The molecular weight excluding hydrogens is 230 g/mol. The highest BCUT2D eigenvalue weighted by molar-refractivity contribution is 5.69. The Bertz CT molecular complexity index is 366. The van der Waals surface area contributed by atoms with Gasteiger partial charge in [-0.05, 0) is 38.3 Å². The third-order valence-corrected chi connectivity index (χ3v) is 2.52. The van der Waals surface area contributed by atoms with Crippen LogP contribution < -0.4 is 0 Å². The topological polar surface area (TPSA) is 48.4 Å². The standard InChI is InChI=1S/C14H21NO3/c1-12-6-3-7-13(15-12)8-4-11-18-14(16)9-5-10-17-2/h3,6-7H,4-5,8-11H2,1-2H3. The van der Waals surface area contributed by atoms with Gasteiger partial charge in [0.15, 0.2) is 0 Å². The van der Waals surface area contributed by atoms with E-state index in [1.807, 2.05) is 25.1 Å². The van der Waals surface area contributed by atoms with Crippen molar-refractivity contribution in [3.63, 3.8) is 0 Å². The fraction of sp³-hybridized carbons (Fsp3) is 0.571. The number of methoxy groups -OCH3 is 1. The minimum absolute atomic E-state index is 0.149. The average Bonchev–Trinajstić information content (AvgIpc) is 2.35. The van der Waals surface area contributed by atoms with Gasteiger partial charge in [0.25, 0.3) is 0 Å². The molecule has 1 heterocycles. The molecule has 100 valence electrons. The van der Waals surface area contributed by atoms with Gasteiger partial charge in [-0.2, -0.15) is 0 Å². The largest absolute Gasteiger partial charge is 0.466 e. The van der Waals surface area contributed by atoms with Crippen LogP contribution >= 0.6 is 0 Å². The van der Waals surface area contributed by atoms with E-state index in [2.05, 4.69) is 4.98 Å². The van der Waals surface area contributed by atoms with Crippen LogP contribution in [0.4, 0.5) is 0 Å². The van der Waals surface area contributed by atoms with E-state index in [4.69, 9.17) is 9.47 Å². The highest BCUT2D eigenvalue weighted by Crippen LogP contribution is 2.02. The number of carbonyl (C=O) groups is 1. The van der Waals surface area contributed by atoms with Crippen molar-refractivity contribution in [3.05, 3.63) is 29.6 Å². The predicted octanol–water partition coefficient (Wildman–Crippen LogP) is 2.29. The zero-order chi connectivity index (χ0) is 13.2. The van der Waals surface area contributed by atoms with Gasteiger partial charge in [0.1, 0.15) is 0 Å². The van der Waals surface area contributed by atoms with E-state index in [-0.39, 0.29) is 5.97 Å². The second-order valence-electron chi connectivity index (χ2n) is 4.19. The molecule has 0 saturated carbocycles. The molecule has 0 aromatic carbocycles. The minimum Gasteiger partial charge on any atom is -0.466 e. The molecule has 0 fully saturated rings.